The first-order chi connectivity index (χ1) is 47.8. The number of phosphoric ester groups is 2. The maximum Gasteiger partial charge on any atom is 0.472 e. The summed E-state index contributed by atoms with van der Waals surface area (Å²) < 4.78 is 68.7. The Labute approximate surface area is 607 Å². The number of ether oxygens (including phenoxy) is 4. The standard InChI is InChI=1S/C80H156O17P2/c1-8-10-11-12-13-14-15-16-17-18-19-20-21-22-23-35-42-49-56-63-79(84)96-75(67-91-78(83)62-55-48-41-34-29-26-32-39-46-53-60-73(7)9-2)69-94-98(86,87)92-65-74(81)66-93-99(88,89)95-70-76(97-80(85)64-57-50-43-36-28-25-31-38-45-52-59-72(5)6)68-90-77(82)61-54-47-40-33-27-24-30-37-44-51-58-71(3)4/h71-76,81H,8-70H2,1-7H3,(H,86,87)(H,88,89)/t73?,74-,75-,76-/m1/s1. The smallest absolute Gasteiger partial charge is 0.462 e. The summed E-state index contributed by atoms with van der Waals surface area (Å²) in [5, 5.41) is 10.6. The number of hydrogen-bond acceptors (Lipinski definition) is 15. The summed E-state index contributed by atoms with van der Waals surface area (Å²) in [5.41, 5.74) is 0. The van der Waals surface area contributed by atoms with Crippen LogP contribution in [0.5, 0.6) is 0 Å². The average Bonchev–Trinajstić information content (AvgIpc) is 1.41. The van der Waals surface area contributed by atoms with Crippen LogP contribution in [0.2, 0.25) is 0 Å². The Morgan fingerprint density at radius 2 is 0.515 bits per heavy atom. The van der Waals surface area contributed by atoms with Crippen molar-refractivity contribution in [3.63, 3.8) is 0 Å². The Balaban J connectivity index is 5.26. The Morgan fingerprint density at radius 1 is 0.293 bits per heavy atom. The highest BCUT2D eigenvalue weighted by Gasteiger charge is 2.30. The molecule has 0 aliphatic heterocycles. The number of aliphatic hydroxyl groups is 1. The van der Waals surface area contributed by atoms with Gasteiger partial charge in [-0.25, -0.2) is 9.13 Å². The topological polar surface area (TPSA) is 237 Å². The molecule has 19 heteroatoms. The third kappa shape index (κ3) is 72.8. The number of esters is 4. The van der Waals surface area contributed by atoms with Crippen molar-refractivity contribution in [3.8, 4) is 0 Å². The third-order valence-corrected chi connectivity index (χ3v) is 20.9. The molecule has 0 amide bonds. The normalized spacial score (nSPS) is 14.3. The van der Waals surface area contributed by atoms with Crippen LogP contribution < -0.4 is 0 Å². The van der Waals surface area contributed by atoms with E-state index < -0.39 is 97.5 Å². The van der Waals surface area contributed by atoms with Crippen molar-refractivity contribution < 1.29 is 80.2 Å². The highest BCUT2D eigenvalue weighted by Crippen LogP contribution is 2.45. The van der Waals surface area contributed by atoms with Crippen LogP contribution in [0.15, 0.2) is 0 Å². The Morgan fingerprint density at radius 3 is 0.768 bits per heavy atom. The van der Waals surface area contributed by atoms with Crippen molar-refractivity contribution in [2.24, 2.45) is 17.8 Å². The maximum absolute atomic E-state index is 13.1. The molecule has 99 heavy (non-hydrogen) atoms. The zero-order chi connectivity index (χ0) is 73.0. The molecule has 0 saturated heterocycles. The van der Waals surface area contributed by atoms with Crippen LogP contribution in [0.1, 0.15) is 414 Å². The molecular formula is C80H156O17P2. The SMILES string of the molecule is CCCCCCCCCCCCCCCCCCCCCC(=O)O[C@H](COC(=O)CCCCCCCCCCCCC(C)CC)COP(=O)(O)OC[C@@H](O)COP(=O)(O)OC[C@@H](COC(=O)CCCCCCCCCCCCC(C)C)OC(=O)CCCCCCCCCCCCC(C)C. The molecule has 588 valence electrons. The number of aliphatic hydroxyl groups excluding tert-OH is 1. The van der Waals surface area contributed by atoms with Crippen LogP contribution in [0, 0.1) is 17.8 Å². The van der Waals surface area contributed by atoms with Gasteiger partial charge in [-0.05, 0) is 43.4 Å². The molecule has 0 aromatic rings. The number of carbonyl (C=O) groups excluding carboxylic acids is 4. The first-order valence-corrected chi connectivity index (χ1v) is 44.4. The number of unbranched alkanes of at least 4 members (excludes halogenated alkanes) is 45. The molecule has 0 aromatic carbocycles. The van der Waals surface area contributed by atoms with Crippen molar-refractivity contribution in [2.75, 3.05) is 39.6 Å². The molecule has 0 radical (unpaired) electrons. The van der Waals surface area contributed by atoms with Crippen LogP contribution in [-0.4, -0.2) is 96.7 Å². The van der Waals surface area contributed by atoms with Crippen molar-refractivity contribution >= 4 is 39.5 Å². The fourth-order valence-electron chi connectivity index (χ4n) is 12.3. The minimum absolute atomic E-state index is 0.106. The van der Waals surface area contributed by atoms with Crippen LogP contribution in [0.3, 0.4) is 0 Å². The summed E-state index contributed by atoms with van der Waals surface area (Å²) in [6.45, 7) is 11.9. The molecule has 0 aliphatic rings. The lowest BCUT2D eigenvalue weighted by Crippen LogP contribution is -2.30. The summed E-state index contributed by atoms with van der Waals surface area (Å²) in [4.78, 5) is 73.0. The van der Waals surface area contributed by atoms with Gasteiger partial charge in [0.2, 0.25) is 0 Å². The van der Waals surface area contributed by atoms with E-state index in [-0.39, 0.29) is 25.7 Å². The van der Waals surface area contributed by atoms with Gasteiger partial charge in [0.05, 0.1) is 26.4 Å². The molecule has 3 unspecified atom stereocenters. The predicted octanol–water partition coefficient (Wildman–Crippen LogP) is 23.7. The van der Waals surface area contributed by atoms with Crippen LogP contribution in [0.25, 0.3) is 0 Å². The van der Waals surface area contributed by atoms with E-state index in [9.17, 15) is 43.2 Å². The third-order valence-electron chi connectivity index (χ3n) is 19.0. The molecule has 0 bridgehead atoms. The lowest BCUT2D eigenvalue weighted by Gasteiger charge is -2.21. The lowest BCUT2D eigenvalue weighted by atomic mass is 9.99. The van der Waals surface area contributed by atoms with E-state index >= 15 is 0 Å². The zero-order valence-corrected chi connectivity index (χ0v) is 66.8. The second kappa shape index (κ2) is 70.4. The Kier molecular flexibility index (Phi) is 69.0. The summed E-state index contributed by atoms with van der Waals surface area (Å²) in [6, 6.07) is 0. The van der Waals surface area contributed by atoms with Gasteiger partial charge in [-0.1, -0.05) is 363 Å². The van der Waals surface area contributed by atoms with E-state index in [4.69, 9.17) is 37.0 Å². The highest BCUT2D eigenvalue weighted by atomic mass is 31.2. The van der Waals surface area contributed by atoms with Gasteiger partial charge in [0.25, 0.3) is 0 Å². The second-order valence-corrected chi connectivity index (χ2v) is 32.9. The van der Waals surface area contributed by atoms with Crippen molar-refractivity contribution in [2.45, 2.75) is 433 Å². The van der Waals surface area contributed by atoms with E-state index in [2.05, 4.69) is 48.5 Å². The first-order valence-electron chi connectivity index (χ1n) is 41.4. The Bertz CT molecular complexity index is 1920. The maximum atomic E-state index is 13.1. The quantitative estimate of drug-likeness (QED) is 0.0222. The number of carbonyl (C=O) groups is 4. The van der Waals surface area contributed by atoms with E-state index in [0.29, 0.717) is 25.7 Å². The summed E-state index contributed by atoms with van der Waals surface area (Å²) in [7, 11) is -9.92. The molecule has 17 nitrogen and oxygen atoms in total. The Hall–Kier alpha value is -1.94. The van der Waals surface area contributed by atoms with Crippen molar-refractivity contribution in [1.82, 2.24) is 0 Å². The fourth-order valence-corrected chi connectivity index (χ4v) is 13.9. The molecule has 0 aromatic heterocycles. The average molecular weight is 1450 g/mol. The van der Waals surface area contributed by atoms with Crippen LogP contribution in [0.4, 0.5) is 0 Å². The van der Waals surface area contributed by atoms with Crippen LogP contribution in [-0.2, 0) is 65.4 Å². The predicted molar refractivity (Wildman–Crippen MR) is 405 cm³/mol. The fraction of sp³-hybridized carbons (Fsp3) is 0.950. The van der Waals surface area contributed by atoms with Crippen molar-refractivity contribution in [1.29, 1.82) is 0 Å². The highest BCUT2D eigenvalue weighted by molar-refractivity contribution is 7.47. The van der Waals surface area contributed by atoms with Gasteiger partial charge in [0.15, 0.2) is 12.2 Å². The summed E-state index contributed by atoms with van der Waals surface area (Å²) in [5.74, 6) is 0.208. The monoisotopic (exact) mass is 1450 g/mol. The number of rotatable bonds is 78. The molecular weight excluding hydrogens is 1290 g/mol. The van der Waals surface area contributed by atoms with Gasteiger partial charge in [-0.15, -0.1) is 0 Å². The first kappa shape index (κ1) is 97.1. The molecule has 0 fully saturated rings. The van der Waals surface area contributed by atoms with E-state index in [0.717, 1.165) is 108 Å². The van der Waals surface area contributed by atoms with Gasteiger partial charge in [-0.2, -0.15) is 0 Å². The van der Waals surface area contributed by atoms with Crippen molar-refractivity contribution in [3.05, 3.63) is 0 Å². The largest absolute Gasteiger partial charge is 0.472 e. The molecule has 0 rings (SSSR count). The van der Waals surface area contributed by atoms with Gasteiger partial charge < -0.3 is 33.8 Å². The van der Waals surface area contributed by atoms with Crippen LogP contribution >= 0.6 is 15.6 Å². The summed E-state index contributed by atoms with van der Waals surface area (Å²) in [6.07, 6.45) is 58.2. The molecule has 6 atom stereocenters. The molecule has 0 saturated carbocycles. The van der Waals surface area contributed by atoms with E-state index in [1.54, 1.807) is 0 Å². The van der Waals surface area contributed by atoms with Gasteiger partial charge >= 0.3 is 39.5 Å². The second-order valence-electron chi connectivity index (χ2n) is 30.0. The molecule has 0 heterocycles. The van der Waals surface area contributed by atoms with E-state index in [1.807, 2.05) is 0 Å². The lowest BCUT2D eigenvalue weighted by molar-refractivity contribution is -0.161. The minimum atomic E-state index is -4.96. The molecule has 0 aliphatic carbocycles. The van der Waals surface area contributed by atoms with Gasteiger partial charge in [0.1, 0.15) is 19.3 Å². The molecule has 3 N–H and O–H groups in total. The van der Waals surface area contributed by atoms with Gasteiger partial charge in [-0.3, -0.25) is 37.3 Å². The number of phosphoric acid groups is 2. The number of hydrogen-bond donors (Lipinski definition) is 3. The summed E-state index contributed by atoms with van der Waals surface area (Å²) >= 11 is 0. The van der Waals surface area contributed by atoms with E-state index in [1.165, 1.54) is 225 Å². The molecule has 0 spiro atoms. The van der Waals surface area contributed by atoms with Gasteiger partial charge in [0, 0.05) is 25.7 Å². The minimum Gasteiger partial charge on any atom is -0.462 e. The zero-order valence-electron chi connectivity index (χ0n) is 65.0.